The first-order chi connectivity index (χ1) is 15.7. The monoisotopic (exact) mass is 488 g/mol. The average Bonchev–Trinajstić information content (AvgIpc) is 3.05. The summed E-state index contributed by atoms with van der Waals surface area (Å²) in [5.74, 6) is -0.626. The Morgan fingerprint density at radius 2 is 1.91 bits per heavy atom. The highest BCUT2D eigenvalue weighted by Crippen LogP contribution is 2.33. The van der Waals surface area contributed by atoms with Crippen molar-refractivity contribution in [3.05, 3.63) is 57.8 Å². The summed E-state index contributed by atoms with van der Waals surface area (Å²) in [5.41, 5.74) is 0.917. The average molecular weight is 489 g/mol. The molecule has 1 aromatic carbocycles. The molecule has 9 heteroatoms. The first-order valence-electron chi connectivity index (χ1n) is 11.0. The minimum atomic E-state index is -1.25. The Bertz CT molecular complexity index is 1090. The summed E-state index contributed by atoms with van der Waals surface area (Å²) in [6, 6.07) is 10.9. The van der Waals surface area contributed by atoms with Gasteiger partial charge in [0.25, 0.3) is 0 Å². The molecule has 1 aromatic heterocycles. The van der Waals surface area contributed by atoms with Gasteiger partial charge in [-0.1, -0.05) is 29.3 Å². The number of amides is 2. The topological polar surface area (TPSA) is 82.6 Å². The second kappa shape index (κ2) is 9.31. The number of rotatable bonds is 5. The Labute approximate surface area is 203 Å². The zero-order valence-corrected chi connectivity index (χ0v) is 20.1. The van der Waals surface area contributed by atoms with Crippen LogP contribution in [0.5, 0.6) is 0 Å². The molecule has 0 saturated carbocycles. The number of benzene rings is 1. The predicted octanol–water partition coefficient (Wildman–Crippen LogP) is 3.50. The molecule has 2 saturated heterocycles. The third kappa shape index (κ3) is 4.84. The quantitative estimate of drug-likeness (QED) is 0.651. The van der Waals surface area contributed by atoms with Gasteiger partial charge in [0.1, 0.15) is 5.54 Å². The van der Waals surface area contributed by atoms with Gasteiger partial charge < -0.3 is 15.1 Å². The van der Waals surface area contributed by atoms with E-state index in [9.17, 15) is 14.4 Å². The van der Waals surface area contributed by atoms with E-state index in [1.807, 2.05) is 43.0 Å². The maximum atomic E-state index is 13.1. The van der Waals surface area contributed by atoms with E-state index in [2.05, 4.69) is 15.2 Å². The molecule has 2 fully saturated rings. The van der Waals surface area contributed by atoms with Gasteiger partial charge in [0.15, 0.2) is 5.78 Å². The van der Waals surface area contributed by atoms with Crippen LogP contribution in [-0.4, -0.2) is 53.2 Å². The van der Waals surface area contributed by atoms with Crippen molar-refractivity contribution in [1.82, 2.24) is 15.2 Å². The smallest absolute Gasteiger partial charge is 0.228 e. The summed E-state index contributed by atoms with van der Waals surface area (Å²) >= 11 is 12.3. The second-order valence-corrected chi connectivity index (χ2v) is 9.60. The van der Waals surface area contributed by atoms with Gasteiger partial charge in [0.2, 0.25) is 11.8 Å². The molecule has 3 heterocycles. The molecule has 2 aliphatic rings. The SMILES string of the molecule is Cc1cccc(C2(CCC(=O)N3CCN(c4cc(Cl)cc(Cl)c4)[C@@H](C)C3)NC(=O)CC2=O)n1. The standard InChI is InChI=1S/C24H26Cl2N4O3/c1-15-4-3-5-20(27-15)24(21(31)13-22(32)28-24)7-6-23(33)29-8-9-30(16(2)14-29)19-11-17(25)10-18(26)12-19/h3-5,10-12,16H,6-9,13-14H2,1-2H3,(H,28,32)/t16-,24?/m0/s1. The van der Waals surface area contributed by atoms with E-state index in [1.165, 1.54) is 0 Å². The molecule has 2 atom stereocenters. The number of pyridine rings is 1. The number of halogens is 2. The second-order valence-electron chi connectivity index (χ2n) is 8.73. The lowest BCUT2D eigenvalue weighted by Gasteiger charge is -2.41. The number of piperazine rings is 1. The van der Waals surface area contributed by atoms with E-state index in [0.717, 1.165) is 11.4 Å². The number of Topliss-reactive ketones (excluding diaryl/α,β-unsaturated/α-hetero) is 1. The molecule has 1 N–H and O–H groups in total. The number of carbonyl (C=O) groups excluding carboxylic acids is 3. The predicted molar refractivity (Wildman–Crippen MR) is 128 cm³/mol. The van der Waals surface area contributed by atoms with E-state index in [0.29, 0.717) is 35.4 Å². The summed E-state index contributed by atoms with van der Waals surface area (Å²) in [7, 11) is 0. The Balaban J connectivity index is 1.45. The van der Waals surface area contributed by atoms with Crippen LogP contribution in [0.4, 0.5) is 5.69 Å². The highest BCUT2D eigenvalue weighted by molar-refractivity contribution is 6.35. The largest absolute Gasteiger partial charge is 0.365 e. The van der Waals surface area contributed by atoms with E-state index < -0.39 is 5.54 Å². The molecular formula is C24H26Cl2N4O3. The number of carbonyl (C=O) groups is 3. The molecule has 0 aliphatic carbocycles. The molecule has 0 spiro atoms. The summed E-state index contributed by atoms with van der Waals surface area (Å²) < 4.78 is 0. The first-order valence-corrected chi connectivity index (χ1v) is 11.7. The van der Waals surface area contributed by atoms with Crippen LogP contribution in [0.25, 0.3) is 0 Å². The number of hydrogen-bond acceptors (Lipinski definition) is 5. The van der Waals surface area contributed by atoms with Crippen LogP contribution in [0.1, 0.15) is 37.6 Å². The summed E-state index contributed by atoms with van der Waals surface area (Å²) in [4.78, 5) is 46.5. The molecule has 0 bridgehead atoms. The van der Waals surface area contributed by atoms with Crippen molar-refractivity contribution in [1.29, 1.82) is 0 Å². The minimum Gasteiger partial charge on any atom is -0.365 e. The molecular weight excluding hydrogens is 463 g/mol. The van der Waals surface area contributed by atoms with Gasteiger partial charge in [-0.25, -0.2) is 0 Å². The van der Waals surface area contributed by atoms with Crippen LogP contribution in [0.2, 0.25) is 10.0 Å². The molecule has 2 aliphatic heterocycles. The maximum Gasteiger partial charge on any atom is 0.228 e. The van der Waals surface area contributed by atoms with Crippen molar-refractivity contribution in [2.75, 3.05) is 24.5 Å². The van der Waals surface area contributed by atoms with E-state index in [4.69, 9.17) is 23.2 Å². The fourth-order valence-electron chi connectivity index (χ4n) is 4.69. The van der Waals surface area contributed by atoms with Crippen LogP contribution in [0, 0.1) is 6.92 Å². The van der Waals surface area contributed by atoms with Crippen LogP contribution in [-0.2, 0) is 19.9 Å². The van der Waals surface area contributed by atoms with E-state index in [1.54, 1.807) is 12.1 Å². The number of hydrogen-bond donors (Lipinski definition) is 1. The summed E-state index contributed by atoms with van der Waals surface area (Å²) in [5, 5.41) is 3.95. The molecule has 2 amide bonds. The Morgan fingerprint density at radius 1 is 1.18 bits per heavy atom. The van der Waals surface area contributed by atoms with Crippen LogP contribution in [0.3, 0.4) is 0 Å². The van der Waals surface area contributed by atoms with Gasteiger partial charge in [0.05, 0.1) is 12.1 Å². The third-order valence-corrected chi connectivity index (χ3v) is 6.78. The number of ketones is 1. The van der Waals surface area contributed by atoms with E-state index in [-0.39, 0.29) is 42.9 Å². The van der Waals surface area contributed by atoms with Gasteiger partial charge in [-0.05, 0) is 50.6 Å². The Hall–Kier alpha value is -2.64. The van der Waals surface area contributed by atoms with Gasteiger partial charge in [-0.2, -0.15) is 0 Å². The lowest BCUT2D eigenvalue weighted by Crippen LogP contribution is -2.54. The van der Waals surface area contributed by atoms with Crippen LogP contribution < -0.4 is 10.2 Å². The van der Waals surface area contributed by atoms with Crippen LogP contribution >= 0.6 is 23.2 Å². The third-order valence-electron chi connectivity index (χ3n) is 6.35. The Kier molecular flexibility index (Phi) is 6.64. The number of anilines is 1. The van der Waals surface area contributed by atoms with E-state index >= 15 is 0 Å². The summed E-state index contributed by atoms with van der Waals surface area (Å²) in [6.45, 7) is 5.61. The zero-order chi connectivity index (χ0) is 23.8. The zero-order valence-electron chi connectivity index (χ0n) is 18.6. The Morgan fingerprint density at radius 3 is 2.52 bits per heavy atom. The van der Waals surface area contributed by atoms with Crippen molar-refractivity contribution in [2.45, 2.75) is 44.7 Å². The normalized spacial score (nSPS) is 23.1. The van der Waals surface area contributed by atoms with Gasteiger partial charge in [-0.3, -0.25) is 19.4 Å². The van der Waals surface area contributed by atoms with Crippen molar-refractivity contribution in [3.8, 4) is 0 Å². The highest BCUT2D eigenvalue weighted by Gasteiger charge is 2.48. The van der Waals surface area contributed by atoms with Crippen LogP contribution in [0.15, 0.2) is 36.4 Å². The molecule has 4 rings (SSSR count). The number of aromatic nitrogens is 1. The fraction of sp³-hybridized carbons (Fsp3) is 0.417. The number of nitrogens with zero attached hydrogens (tertiary/aromatic N) is 3. The molecule has 7 nitrogen and oxygen atoms in total. The highest BCUT2D eigenvalue weighted by atomic mass is 35.5. The van der Waals surface area contributed by atoms with Gasteiger partial charge in [0, 0.05) is 53.5 Å². The van der Waals surface area contributed by atoms with Gasteiger partial charge >= 0.3 is 0 Å². The number of aryl methyl sites for hydroxylation is 1. The van der Waals surface area contributed by atoms with Crippen molar-refractivity contribution in [3.63, 3.8) is 0 Å². The molecule has 1 unspecified atom stereocenters. The molecule has 174 valence electrons. The molecule has 2 aromatic rings. The number of nitrogens with one attached hydrogen (secondary N) is 1. The van der Waals surface area contributed by atoms with Gasteiger partial charge in [-0.15, -0.1) is 0 Å². The lowest BCUT2D eigenvalue weighted by molar-refractivity contribution is -0.133. The maximum absolute atomic E-state index is 13.1. The molecule has 33 heavy (non-hydrogen) atoms. The molecule has 0 radical (unpaired) electrons. The minimum absolute atomic E-state index is 0.0494. The van der Waals surface area contributed by atoms with Crippen molar-refractivity contribution < 1.29 is 14.4 Å². The van der Waals surface area contributed by atoms with Crippen molar-refractivity contribution >= 4 is 46.5 Å². The first kappa shape index (κ1) is 23.5. The van der Waals surface area contributed by atoms with Crippen molar-refractivity contribution in [2.24, 2.45) is 0 Å². The summed E-state index contributed by atoms with van der Waals surface area (Å²) in [6.07, 6.45) is 0.129. The fourth-order valence-corrected chi connectivity index (χ4v) is 5.21. The lowest BCUT2D eigenvalue weighted by atomic mass is 9.86.